The van der Waals surface area contributed by atoms with Crippen LogP contribution in [0, 0.1) is 25.7 Å². The number of aliphatic hydroxyl groups is 1. The van der Waals surface area contributed by atoms with Crippen LogP contribution in [-0.4, -0.2) is 5.11 Å². The molecule has 1 fully saturated rings. The third-order valence-electron chi connectivity index (χ3n) is 3.68. The van der Waals surface area contributed by atoms with Gasteiger partial charge >= 0.3 is 0 Å². The molecule has 0 saturated heterocycles. The van der Waals surface area contributed by atoms with Gasteiger partial charge in [0.1, 0.15) is 0 Å². The molecule has 1 aromatic heterocycles. The molecule has 1 N–H and O–H groups in total. The van der Waals surface area contributed by atoms with Gasteiger partial charge in [-0.2, -0.15) is 0 Å². The third-order valence-corrected chi connectivity index (χ3v) is 4.90. The van der Waals surface area contributed by atoms with Gasteiger partial charge in [-0.15, -0.1) is 11.3 Å². The molecule has 0 bridgehead atoms. The molecule has 1 aliphatic rings. The number of hydrogen-bond donors (Lipinski definition) is 1. The summed E-state index contributed by atoms with van der Waals surface area (Å²) in [6, 6.07) is 2.18. The molecule has 1 nitrogen and oxygen atoms in total. The Bertz CT molecular complexity index is 342. The fraction of sp³-hybridized carbons (Fsp3) is 0.692. The Morgan fingerprint density at radius 2 is 2.13 bits per heavy atom. The van der Waals surface area contributed by atoms with Crippen LogP contribution >= 0.6 is 11.3 Å². The largest absolute Gasteiger partial charge is 0.387 e. The maximum Gasteiger partial charge on any atom is 0.0915 e. The molecule has 0 radical (unpaired) electrons. The van der Waals surface area contributed by atoms with Gasteiger partial charge < -0.3 is 5.11 Å². The smallest absolute Gasteiger partial charge is 0.0915 e. The highest BCUT2D eigenvalue weighted by molar-refractivity contribution is 7.12. The summed E-state index contributed by atoms with van der Waals surface area (Å²) in [5, 5.41) is 10.4. The van der Waals surface area contributed by atoms with Crippen LogP contribution in [0.2, 0.25) is 0 Å². The summed E-state index contributed by atoms with van der Waals surface area (Å²) in [5.41, 5.74) is 1.27. The second-order valence-corrected chi connectivity index (χ2v) is 6.21. The molecule has 1 aliphatic carbocycles. The number of thiophene rings is 1. The summed E-state index contributed by atoms with van der Waals surface area (Å²) >= 11 is 1.76. The second kappa shape index (κ2) is 4.26. The lowest BCUT2D eigenvalue weighted by atomic mass is 9.90. The van der Waals surface area contributed by atoms with E-state index in [9.17, 15) is 5.11 Å². The van der Waals surface area contributed by atoms with Crippen LogP contribution in [0.3, 0.4) is 0 Å². The molecule has 1 heterocycles. The van der Waals surface area contributed by atoms with Gasteiger partial charge in [-0.25, -0.2) is 0 Å². The Morgan fingerprint density at radius 3 is 2.60 bits per heavy atom. The van der Waals surface area contributed by atoms with Crippen LogP contribution in [-0.2, 0) is 0 Å². The molecule has 0 spiro atoms. The maximum absolute atomic E-state index is 10.4. The van der Waals surface area contributed by atoms with Crippen molar-refractivity contribution in [1.82, 2.24) is 0 Å². The first-order valence-electron chi connectivity index (χ1n) is 5.84. The number of aryl methyl sites for hydroxylation is 2. The van der Waals surface area contributed by atoms with Gasteiger partial charge in [-0.05, 0) is 43.7 Å². The molecule has 3 atom stereocenters. The van der Waals surface area contributed by atoms with Crippen LogP contribution in [0.5, 0.6) is 0 Å². The fourth-order valence-corrected chi connectivity index (χ4v) is 3.89. The van der Waals surface area contributed by atoms with Gasteiger partial charge in [0, 0.05) is 9.75 Å². The van der Waals surface area contributed by atoms with Crippen molar-refractivity contribution in [2.45, 2.75) is 46.1 Å². The van der Waals surface area contributed by atoms with Gasteiger partial charge in [0.15, 0.2) is 0 Å². The molecule has 2 heteroatoms. The molecular formula is C13H20OS. The van der Waals surface area contributed by atoms with Crippen molar-refractivity contribution in [3.8, 4) is 0 Å². The minimum absolute atomic E-state index is 0.221. The van der Waals surface area contributed by atoms with E-state index < -0.39 is 0 Å². The van der Waals surface area contributed by atoms with Crippen molar-refractivity contribution in [3.63, 3.8) is 0 Å². The van der Waals surface area contributed by atoms with E-state index >= 15 is 0 Å². The quantitative estimate of drug-likeness (QED) is 0.809. The van der Waals surface area contributed by atoms with Crippen molar-refractivity contribution in [2.24, 2.45) is 11.8 Å². The molecule has 2 rings (SSSR count). The monoisotopic (exact) mass is 224 g/mol. The van der Waals surface area contributed by atoms with Gasteiger partial charge in [-0.3, -0.25) is 0 Å². The van der Waals surface area contributed by atoms with Gasteiger partial charge in [-0.1, -0.05) is 19.8 Å². The number of rotatable bonds is 2. The fourth-order valence-electron chi connectivity index (χ4n) is 2.79. The maximum atomic E-state index is 10.4. The van der Waals surface area contributed by atoms with Crippen LogP contribution < -0.4 is 0 Å². The lowest BCUT2D eigenvalue weighted by molar-refractivity contribution is 0.0927. The number of aliphatic hydroxyl groups excluding tert-OH is 1. The summed E-state index contributed by atoms with van der Waals surface area (Å²) in [6.07, 6.45) is 3.54. The van der Waals surface area contributed by atoms with Gasteiger partial charge in [0.25, 0.3) is 0 Å². The molecule has 1 saturated carbocycles. The Kier molecular flexibility index (Phi) is 3.17. The average molecular weight is 224 g/mol. The first-order valence-corrected chi connectivity index (χ1v) is 6.66. The summed E-state index contributed by atoms with van der Waals surface area (Å²) in [4.78, 5) is 2.51. The van der Waals surface area contributed by atoms with E-state index in [0.717, 1.165) is 0 Å². The minimum atomic E-state index is -0.221. The lowest BCUT2D eigenvalue weighted by Crippen LogP contribution is -2.14. The molecule has 0 aromatic carbocycles. The second-order valence-electron chi connectivity index (χ2n) is 4.92. The Labute approximate surface area is 96.1 Å². The van der Waals surface area contributed by atoms with Crippen LogP contribution in [0.15, 0.2) is 6.07 Å². The number of hydrogen-bond acceptors (Lipinski definition) is 2. The van der Waals surface area contributed by atoms with Crippen LogP contribution in [0.1, 0.15) is 47.6 Å². The lowest BCUT2D eigenvalue weighted by Gasteiger charge is -2.21. The molecule has 3 unspecified atom stereocenters. The zero-order valence-electron chi connectivity index (χ0n) is 9.79. The zero-order valence-corrected chi connectivity index (χ0v) is 10.6. The van der Waals surface area contributed by atoms with Crippen molar-refractivity contribution in [3.05, 3.63) is 21.4 Å². The first-order chi connectivity index (χ1) is 7.09. The van der Waals surface area contributed by atoms with Crippen molar-refractivity contribution in [2.75, 3.05) is 0 Å². The molecule has 15 heavy (non-hydrogen) atoms. The SMILES string of the molecule is Cc1cc(C)c(C(O)C2CCCC2C)s1. The van der Waals surface area contributed by atoms with E-state index in [1.165, 1.54) is 34.6 Å². The first kappa shape index (κ1) is 11.2. The Balaban J connectivity index is 2.19. The highest BCUT2D eigenvalue weighted by Crippen LogP contribution is 2.42. The minimum Gasteiger partial charge on any atom is -0.387 e. The molecular weight excluding hydrogens is 204 g/mol. The van der Waals surface area contributed by atoms with Crippen molar-refractivity contribution < 1.29 is 5.11 Å². The average Bonchev–Trinajstić information content (AvgIpc) is 2.71. The Hall–Kier alpha value is -0.340. The van der Waals surface area contributed by atoms with Crippen LogP contribution in [0.4, 0.5) is 0 Å². The summed E-state index contributed by atoms with van der Waals surface area (Å²) in [7, 11) is 0. The van der Waals surface area contributed by atoms with E-state index in [4.69, 9.17) is 0 Å². The standard InChI is InChI=1S/C13H20OS/c1-8-5-4-6-11(8)12(14)13-9(2)7-10(3)15-13/h7-8,11-12,14H,4-6H2,1-3H3. The summed E-state index contributed by atoms with van der Waals surface area (Å²) < 4.78 is 0. The van der Waals surface area contributed by atoms with E-state index in [-0.39, 0.29) is 6.10 Å². The third kappa shape index (κ3) is 2.11. The van der Waals surface area contributed by atoms with Crippen molar-refractivity contribution >= 4 is 11.3 Å². The molecule has 0 aliphatic heterocycles. The van der Waals surface area contributed by atoms with E-state index in [2.05, 4.69) is 26.8 Å². The topological polar surface area (TPSA) is 20.2 Å². The van der Waals surface area contributed by atoms with Gasteiger partial charge in [0.2, 0.25) is 0 Å². The van der Waals surface area contributed by atoms with E-state index in [0.29, 0.717) is 11.8 Å². The molecule has 84 valence electrons. The summed E-state index contributed by atoms with van der Waals surface area (Å²) in [5.74, 6) is 1.17. The van der Waals surface area contributed by atoms with Crippen LogP contribution in [0.25, 0.3) is 0 Å². The normalized spacial score (nSPS) is 28.3. The van der Waals surface area contributed by atoms with E-state index in [1.807, 2.05) is 0 Å². The predicted molar refractivity (Wildman–Crippen MR) is 65.3 cm³/mol. The highest BCUT2D eigenvalue weighted by atomic mass is 32.1. The van der Waals surface area contributed by atoms with Gasteiger partial charge in [0.05, 0.1) is 6.10 Å². The molecule has 1 aromatic rings. The highest BCUT2D eigenvalue weighted by Gasteiger charge is 2.32. The zero-order chi connectivity index (χ0) is 11.0. The predicted octanol–water partition coefficient (Wildman–Crippen LogP) is 3.83. The van der Waals surface area contributed by atoms with Crippen molar-refractivity contribution in [1.29, 1.82) is 0 Å². The Morgan fingerprint density at radius 1 is 1.40 bits per heavy atom. The molecule has 0 amide bonds. The summed E-state index contributed by atoms with van der Waals surface area (Å²) in [6.45, 7) is 6.50. The van der Waals surface area contributed by atoms with E-state index in [1.54, 1.807) is 11.3 Å².